The Morgan fingerprint density at radius 1 is 1.29 bits per heavy atom. The van der Waals surface area contributed by atoms with E-state index in [2.05, 4.69) is 20.2 Å². The van der Waals surface area contributed by atoms with Gasteiger partial charge in [-0.25, -0.2) is 4.52 Å². The Bertz CT molecular complexity index is 694. The van der Waals surface area contributed by atoms with Gasteiger partial charge in [-0.15, -0.1) is 5.10 Å². The van der Waals surface area contributed by atoms with Crippen molar-refractivity contribution in [2.45, 2.75) is 6.92 Å². The molecule has 0 amide bonds. The molecule has 7 nitrogen and oxygen atoms in total. The van der Waals surface area contributed by atoms with Gasteiger partial charge in [-0.3, -0.25) is 9.67 Å². The second-order valence-electron chi connectivity index (χ2n) is 3.83. The highest BCUT2D eigenvalue weighted by molar-refractivity contribution is 5.63. The third-order valence-corrected chi connectivity index (χ3v) is 2.56. The molecule has 0 spiro atoms. The minimum atomic E-state index is 0.238. The summed E-state index contributed by atoms with van der Waals surface area (Å²) in [5, 5.41) is 8.31. The fraction of sp³-hybridized carbons (Fsp3) is 0.200. The molecule has 0 unspecified atom stereocenters. The van der Waals surface area contributed by atoms with Crippen LogP contribution in [0.5, 0.6) is 0 Å². The van der Waals surface area contributed by atoms with Crippen molar-refractivity contribution in [1.29, 1.82) is 0 Å². The molecule has 0 radical (unpaired) electrons. The lowest BCUT2D eigenvalue weighted by molar-refractivity contribution is 0.768. The highest BCUT2D eigenvalue weighted by Gasteiger charge is 2.12. The molecule has 0 aliphatic carbocycles. The maximum atomic E-state index is 5.60. The first-order chi connectivity index (χ1) is 8.15. The summed E-state index contributed by atoms with van der Waals surface area (Å²) < 4.78 is 3.42. The van der Waals surface area contributed by atoms with Gasteiger partial charge in [-0.2, -0.15) is 10.1 Å². The zero-order valence-corrected chi connectivity index (χ0v) is 9.49. The van der Waals surface area contributed by atoms with Gasteiger partial charge in [0, 0.05) is 18.8 Å². The van der Waals surface area contributed by atoms with Gasteiger partial charge in [0.05, 0.1) is 23.8 Å². The van der Waals surface area contributed by atoms with Gasteiger partial charge in [-0.05, 0) is 6.92 Å². The van der Waals surface area contributed by atoms with E-state index < -0.39 is 0 Å². The maximum Gasteiger partial charge on any atom is 0.240 e. The van der Waals surface area contributed by atoms with Gasteiger partial charge in [0.25, 0.3) is 0 Å². The fourth-order valence-corrected chi connectivity index (χ4v) is 1.83. The average molecular weight is 229 g/mol. The predicted octanol–water partition coefficient (Wildman–Crippen LogP) is 0.415. The molecular weight excluding hydrogens is 218 g/mol. The van der Waals surface area contributed by atoms with Crippen LogP contribution >= 0.6 is 0 Å². The van der Waals surface area contributed by atoms with Crippen molar-refractivity contribution < 1.29 is 0 Å². The number of fused-ring (bicyclic) bond motifs is 1. The summed E-state index contributed by atoms with van der Waals surface area (Å²) in [5.41, 5.74) is 8.89. The molecule has 3 heterocycles. The van der Waals surface area contributed by atoms with E-state index in [0.29, 0.717) is 5.65 Å². The molecule has 17 heavy (non-hydrogen) atoms. The van der Waals surface area contributed by atoms with Crippen molar-refractivity contribution in [3.05, 3.63) is 24.3 Å². The number of hydrogen-bond acceptors (Lipinski definition) is 5. The Morgan fingerprint density at radius 3 is 2.82 bits per heavy atom. The van der Waals surface area contributed by atoms with Crippen LogP contribution in [0.15, 0.2) is 18.6 Å². The lowest BCUT2D eigenvalue weighted by atomic mass is 10.2. The van der Waals surface area contributed by atoms with Gasteiger partial charge in [-0.1, -0.05) is 0 Å². The summed E-state index contributed by atoms with van der Waals surface area (Å²) in [6.45, 7) is 1.92. The molecule has 3 aromatic heterocycles. The number of anilines is 1. The van der Waals surface area contributed by atoms with Crippen LogP contribution < -0.4 is 5.73 Å². The van der Waals surface area contributed by atoms with Crippen LogP contribution in [0.25, 0.3) is 16.9 Å². The largest absolute Gasteiger partial charge is 0.366 e. The third kappa shape index (κ3) is 1.43. The zero-order valence-electron chi connectivity index (χ0n) is 9.49. The minimum Gasteiger partial charge on any atom is -0.366 e. The summed E-state index contributed by atoms with van der Waals surface area (Å²) in [7, 11) is 1.86. The number of hydrogen-bond donors (Lipinski definition) is 1. The number of aryl methyl sites for hydroxylation is 2. The number of nitrogens with zero attached hydrogens (tertiary/aromatic N) is 6. The molecule has 0 saturated heterocycles. The fourth-order valence-electron chi connectivity index (χ4n) is 1.83. The number of nitrogen functional groups attached to an aromatic ring is 1. The molecule has 0 aliphatic rings. The second-order valence-corrected chi connectivity index (χ2v) is 3.83. The Balaban J connectivity index is 2.37. The summed E-state index contributed by atoms with van der Waals surface area (Å²) in [6, 6.07) is 0. The summed E-state index contributed by atoms with van der Waals surface area (Å²) >= 11 is 0. The van der Waals surface area contributed by atoms with Crippen molar-refractivity contribution in [3.63, 3.8) is 0 Å². The van der Waals surface area contributed by atoms with Crippen molar-refractivity contribution in [1.82, 2.24) is 29.4 Å². The predicted molar refractivity (Wildman–Crippen MR) is 62.1 cm³/mol. The van der Waals surface area contributed by atoms with Crippen LogP contribution in [0.4, 0.5) is 5.95 Å². The average Bonchev–Trinajstić information content (AvgIpc) is 2.83. The zero-order chi connectivity index (χ0) is 12.0. The standard InChI is InChI=1S/C10H11N7/c1-6-9(7-3-13-16(2)5-7)17-8(4-12-6)14-10(11)15-17/h3-5H,1-2H3,(H2,11,15). The van der Waals surface area contributed by atoms with Gasteiger partial charge in [0.2, 0.25) is 5.95 Å². The van der Waals surface area contributed by atoms with E-state index in [1.807, 2.05) is 20.2 Å². The van der Waals surface area contributed by atoms with Crippen LogP contribution in [-0.4, -0.2) is 29.4 Å². The SMILES string of the molecule is Cc1ncc2nc(N)nn2c1-c1cnn(C)c1. The number of rotatable bonds is 1. The van der Waals surface area contributed by atoms with Crippen LogP contribution in [0.1, 0.15) is 5.69 Å². The van der Waals surface area contributed by atoms with E-state index in [1.165, 1.54) is 0 Å². The molecule has 0 fully saturated rings. The summed E-state index contributed by atoms with van der Waals surface area (Å²) in [4.78, 5) is 8.38. The topological polar surface area (TPSA) is 86.9 Å². The minimum absolute atomic E-state index is 0.238. The van der Waals surface area contributed by atoms with Crippen LogP contribution in [0.3, 0.4) is 0 Å². The smallest absolute Gasteiger partial charge is 0.240 e. The lowest BCUT2D eigenvalue weighted by Crippen LogP contribution is -1.99. The number of aromatic nitrogens is 6. The Kier molecular flexibility index (Phi) is 1.88. The highest BCUT2D eigenvalue weighted by atomic mass is 15.3. The van der Waals surface area contributed by atoms with E-state index in [0.717, 1.165) is 17.0 Å². The van der Waals surface area contributed by atoms with Gasteiger partial charge >= 0.3 is 0 Å². The molecule has 0 atom stereocenters. The van der Waals surface area contributed by atoms with Crippen molar-refractivity contribution in [2.24, 2.45) is 7.05 Å². The number of nitrogens with two attached hydrogens (primary N) is 1. The van der Waals surface area contributed by atoms with E-state index in [-0.39, 0.29) is 5.95 Å². The van der Waals surface area contributed by atoms with Crippen LogP contribution in [0, 0.1) is 6.92 Å². The first kappa shape index (κ1) is 9.76. The van der Waals surface area contributed by atoms with Crippen molar-refractivity contribution >= 4 is 11.6 Å². The summed E-state index contributed by atoms with van der Waals surface area (Å²) in [5.74, 6) is 0.238. The molecule has 3 rings (SSSR count). The quantitative estimate of drug-likeness (QED) is 0.653. The molecule has 86 valence electrons. The van der Waals surface area contributed by atoms with E-state index in [1.54, 1.807) is 21.6 Å². The first-order valence-electron chi connectivity index (χ1n) is 5.12. The second kappa shape index (κ2) is 3.27. The molecule has 0 aliphatic heterocycles. The first-order valence-corrected chi connectivity index (χ1v) is 5.12. The monoisotopic (exact) mass is 229 g/mol. The Hall–Kier alpha value is -2.44. The molecule has 2 N–H and O–H groups in total. The third-order valence-electron chi connectivity index (χ3n) is 2.56. The van der Waals surface area contributed by atoms with Gasteiger partial charge in [0.1, 0.15) is 0 Å². The van der Waals surface area contributed by atoms with Gasteiger partial charge in [0.15, 0.2) is 5.65 Å². The molecule has 7 heteroatoms. The van der Waals surface area contributed by atoms with E-state index in [9.17, 15) is 0 Å². The van der Waals surface area contributed by atoms with E-state index in [4.69, 9.17) is 5.73 Å². The summed E-state index contributed by atoms with van der Waals surface area (Å²) in [6.07, 6.45) is 5.32. The maximum absolute atomic E-state index is 5.60. The van der Waals surface area contributed by atoms with Crippen LogP contribution in [0.2, 0.25) is 0 Å². The molecule has 0 aromatic carbocycles. The molecule has 0 saturated carbocycles. The normalized spacial score (nSPS) is 11.2. The van der Waals surface area contributed by atoms with E-state index >= 15 is 0 Å². The van der Waals surface area contributed by atoms with Crippen LogP contribution in [-0.2, 0) is 7.05 Å². The van der Waals surface area contributed by atoms with Crippen molar-refractivity contribution in [2.75, 3.05) is 5.73 Å². The molecule has 3 aromatic rings. The molecule has 0 bridgehead atoms. The molecular formula is C10H11N7. The Morgan fingerprint density at radius 2 is 2.12 bits per heavy atom. The Labute approximate surface area is 96.9 Å². The highest BCUT2D eigenvalue weighted by Crippen LogP contribution is 2.21. The van der Waals surface area contributed by atoms with Gasteiger partial charge < -0.3 is 5.73 Å². The van der Waals surface area contributed by atoms with Crippen molar-refractivity contribution in [3.8, 4) is 11.3 Å². The lowest BCUT2D eigenvalue weighted by Gasteiger charge is -2.03.